The molecule has 0 amide bonds. The van der Waals surface area contributed by atoms with Gasteiger partial charge in [0.25, 0.3) is 0 Å². The predicted octanol–water partition coefficient (Wildman–Crippen LogP) is 2.81. The first kappa shape index (κ1) is 14.0. The molecule has 2 aliphatic rings. The Bertz CT molecular complexity index is 484. The highest BCUT2D eigenvalue weighted by Gasteiger charge is 2.29. The number of fused-ring (bicyclic) bond motifs is 1. The maximum atomic E-state index is 13.4. The fourth-order valence-corrected chi connectivity index (χ4v) is 3.62. The summed E-state index contributed by atoms with van der Waals surface area (Å²) in [5.41, 5.74) is 8.18. The van der Waals surface area contributed by atoms with E-state index in [-0.39, 0.29) is 12.0 Å². The van der Waals surface area contributed by atoms with Gasteiger partial charge in [0.2, 0.25) is 0 Å². The molecule has 1 aromatic rings. The quantitative estimate of drug-likeness (QED) is 0.919. The zero-order valence-electron chi connectivity index (χ0n) is 11.7. The minimum absolute atomic E-state index is 0.0433. The lowest BCUT2D eigenvalue weighted by Gasteiger charge is -2.23. The number of hydrogen-bond donors (Lipinski definition) is 1. The second-order valence-electron chi connectivity index (χ2n) is 6.11. The molecule has 0 spiro atoms. The molecule has 4 heteroatoms. The number of hydrogen-bond acceptors (Lipinski definition) is 2. The molecule has 1 aliphatic carbocycles. The van der Waals surface area contributed by atoms with E-state index in [1.54, 1.807) is 0 Å². The van der Waals surface area contributed by atoms with Crippen molar-refractivity contribution in [1.29, 1.82) is 0 Å². The minimum Gasteiger partial charge on any atom is -0.327 e. The Kier molecular flexibility index (Phi) is 4.03. The standard InChI is InChI=1S/C16H22F2N2/c17-14-9-11-3-4-12(13(11)10-15(14)18)16(19)5-8-20-6-1-2-7-20/h9-10,12,16H,1-8,19H2. The van der Waals surface area contributed by atoms with Crippen molar-refractivity contribution in [3.05, 3.63) is 34.9 Å². The van der Waals surface area contributed by atoms with Gasteiger partial charge in [-0.05, 0) is 80.9 Å². The molecule has 1 aliphatic heterocycles. The summed E-state index contributed by atoms with van der Waals surface area (Å²) < 4.78 is 26.7. The summed E-state index contributed by atoms with van der Waals surface area (Å²) in [6, 6.07) is 2.75. The van der Waals surface area contributed by atoms with Crippen molar-refractivity contribution >= 4 is 0 Å². The van der Waals surface area contributed by atoms with Crippen molar-refractivity contribution in [2.45, 2.75) is 44.1 Å². The molecule has 3 rings (SSSR count). The number of halogens is 2. The van der Waals surface area contributed by atoms with Crippen LogP contribution in [0.5, 0.6) is 0 Å². The third-order valence-electron chi connectivity index (χ3n) is 4.80. The van der Waals surface area contributed by atoms with Crippen molar-refractivity contribution < 1.29 is 8.78 Å². The maximum absolute atomic E-state index is 13.4. The largest absolute Gasteiger partial charge is 0.327 e. The van der Waals surface area contributed by atoms with Crippen molar-refractivity contribution in [2.75, 3.05) is 19.6 Å². The molecule has 0 radical (unpaired) electrons. The van der Waals surface area contributed by atoms with E-state index in [0.29, 0.717) is 0 Å². The summed E-state index contributed by atoms with van der Waals surface area (Å²) in [6.45, 7) is 3.37. The van der Waals surface area contributed by atoms with Gasteiger partial charge in [-0.15, -0.1) is 0 Å². The van der Waals surface area contributed by atoms with Gasteiger partial charge in [-0.3, -0.25) is 0 Å². The van der Waals surface area contributed by atoms with Crippen LogP contribution in [0.15, 0.2) is 12.1 Å². The molecule has 1 aromatic carbocycles. The summed E-state index contributed by atoms with van der Waals surface area (Å²) in [4.78, 5) is 2.45. The molecule has 1 heterocycles. The molecule has 0 saturated carbocycles. The molecule has 0 bridgehead atoms. The van der Waals surface area contributed by atoms with Crippen LogP contribution in [0.25, 0.3) is 0 Å². The Balaban J connectivity index is 1.65. The first-order valence-corrected chi connectivity index (χ1v) is 7.61. The highest BCUT2D eigenvalue weighted by Crippen LogP contribution is 2.37. The normalized spacial score (nSPS) is 24.1. The first-order valence-electron chi connectivity index (χ1n) is 7.61. The average molecular weight is 280 g/mol. The minimum atomic E-state index is -0.748. The molecule has 1 fully saturated rings. The van der Waals surface area contributed by atoms with Crippen molar-refractivity contribution in [2.24, 2.45) is 5.73 Å². The summed E-state index contributed by atoms with van der Waals surface area (Å²) in [6.07, 6.45) is 5.23. The van der Waals surface area contributed by atoms with E-state index in [1.165, 1.54) is 38.1 Å². The van der Waals surface area contributed by atoms with Gasteiger partial charge < -0.3 is 10.6 Å². The smallest absolute Gasteiger partial charge is 0.159 e. The zero-order chi connectivity index (χ0) is 14.1. The van der Waals surface area contributed by atoms with Crippen LogP contribution in [0.4, 0.5) is 8.78 Å². The van der Waals surface area contributed by atoms with E-state index < -0.39 is 11.6 Å². The van der Waals surface area contributed by atoms with Crippen LogP contribution in [-0.2, 0) is 6.42 Å². The van der Waals surface area contributed by atoms with Crippen LogP contribution in [0.2, 0.25) is 0 Å². The Morgan fingerprint density at radius 1 is 1.20 bits per heavy atom. The maximum Gasteiger partial charge on any atom is 0.159 e. The molecule has 1 saturated heterocycles. The van der Waals surface area contributed by atoms with Crippen molar-refractivity contribution in [3.63, 3.8) is 0 Å². The van der Waals surface area contributed by atoms with Gasteiger partial charge in [-0.2, -0.15) is 0 Å². The van der Waals surface area contributed by atoms with Crippen LogP contribution in [-0.4, -0.2) is 30.6 Å². The van der Waals surface area contributed by atoms with Crippen LogP contribution >= 0.6 is 0 Å². The van der Waals surface area contributed by atoms with E-state index in [0.717, 1.165) is 36.9 Å². The lowest BCUT2D eigenvalue weighted by atomic mass is 9.91. The zero-order valence-corrected chi connectivity index (χ0v) is 11.7. The van der Waals surface area contributed by atoms with Crippen molar-refractivity contribution in [1.82, 2.24) is 4.90 Å². The van der Waals surface area contributed by atoms with Crippen LogP contribution in [0.3, 0.4) is 0 Å². The summed E-state index contributed by atoms with van der Waals surface area (Å²) in [5, 5.41) is 0. The first-order chi connectivity index (χ1) is 9.65. The molecule has 2 atom stereocenters. The topological polar surface area (TPSA) is 29.3 Å². The van der Waals surface area contributed by atoms with Crippen molar-refractivity contribution in [3.8, 4) is 0 Å². The van der Waals surface area contributed by atoms with Gasteiger partial charge in [-0.25, -0.2) is 8.78 Å². The molecule has 20 heavy (non-hydrogen) atoms. The second kappa shape index (κ2) is 5.78. The third-order valence-corrected chi connectivity index (χ3v) is 4.80. The van der Waals surface area contributed by atoms with E-state index >= 15 is 0 Å². The van der Waals surface area contributed by atoms with Gasteiger partial charge in [0.1, 0.15) is 0 Å². The highest BCUT2D eigenvalue weighted by molar-refractivity contribution is 5.37. The highest BCUT2D eigenvalue weighted by atomic mass is 19.2. The predicted molar refractivity (Wildman–Crippen MR) is 75.7 cm³/mol. The number of likely N-dealkylation sites (tertiary alicyclic amines) is 1. The number of aryl methyl sites for hydroxylation is 1. The van der Waals surface area contributed by atoms with E-state index in [9.17, 15) is 8.78 Å². The van der Waals surface area contributed by atoms with E-state index in [2.05, 4.69) is 4.90 Å². The molecular formula is C16H22F2N2. The van der Waals surface area contributed by atoms with Gasteiger partial charge in [0.15, 0.2) is 11.6 Å². The third kappa shape index (κ3) is 2.72. The van der Waals surface area contributed by atoms with Gasteiger partial charge in [0, 0.05) is 6.04 Å². The fourth-order valence-electron chi connectivity index (χ4n) is 3.62. The summed E-state index contributed by atoms with van der Waals surface area (Å²) in [5.74, 6) is -1.31. The van der Waals surface area contributed by atoms with E-state index in [4.69, 9.17) is 5.73 Å². The molecule has 2 N–H and O–H groups in total. The SMILES string of the molecule is NC(CCN1CCCC1)C1CCc2cc(F)c(F)cc21. The number of rotatable bonds is 4. The monoisotopic (exact) mass is 280 g/mol. The van der Waals surface area contributed by atoms with Gasteiger partial charge in [-0.1, -0.05) is 0 Å². The average Bonchev–Trinajstić information content (AvgIpc) is 3.06. The van der Waals surface area contributed by atoms with Crippen LogP contribution in [0.1, 0.15) is 42.7 Å². The molecule has 110 valence electrons. The second-order valence-corrected chi connectivity index (χ2v) is 6.11. The Morgan fingerprint density at radius 2 is 1.90 bits per heavy atom. The summed E-state index contributed by atoms with van der Waals surface area (Å²) >= 11 is 0. The van der Waals surface area contributed by atoms with Gasteiger partial charge >= 0.3 is 0 Å². The molecule has 2 unspecified atom stereocenters. The Labute approximate surface area is 118 Å². The lowest BCUT2D eigenvalue weighted by Crippen LogP contribution is -2.32. The lowest BCUT2D eigenvalue weighted by molar-refractivity contribution is 0.311. The molecular weight excluding hydrogens is 258 g/mol. The van der Waals surface area contributed by atoms with E-state index in [1.807, 2.05) is 0 Å². The summed E-state index contributed by atoms with van der Waals surface area (Å²) in [7, 11) is 0. The molecule has 0 aromatic heterocycles. The van der Waals surface area contributed by atoms with Crippen LogP contribution in [0, 0.1) is 11.6 Å². The molecule has 2 nitrogen and oxygen atoms in total. The Hall–Kier alpha value is -1.00. The fraction of sp³-hybridized carbons (Fsp3) is 0.625. The number of benzene rings is 1. The number of nitrogens with zero attached hydrogens (tertiary/aromatic N) is 1. The Morgan fingerprint density at radius 3 is 2.65 bits per heavy atom. The van der Waals surface area contributed by atoms with Crippen LogP contribution < -0.4 is 5.73 Å². The number of nitrogens with two attached hydrogens (primary N) is 1. The van der Waals surface area contributed by atoms with Gasteiger partial charge in [0.05, 0.1) is 0 Å².